The molecule has 182 valence electrons. The third-order valence-corrected chi connectivity index (χ3v) is 6.95. The molecule has 9 heteroatoms. The fourth-order valence-electron chi connectivity index (χ4n) is 4.19. The lowest BCUT2D eigenvalue weighted by Gasteiger charge is -2.18. The maximum absolute atomic E-state index is 12.4. The molecule has 4 rings (SSSR count). The van der Waals surface area contributed by atoms with Gasteiger partial charge in [0.1, 0.15) is 11.6 Å². The first-order valence-electron chi connectivity index (χ1n) is 11.3. The minimum Gasteiger partial charge on any atom is -0.481 e. The molecule has 1 aromatic heterocycles. The molecule has 1 heterocycles. The molecule has 35 heavy (non-hydrogen) atoms. The van der Waals surface area contributed by atoms with E-state index in [-0.39, 0.29) is 37.9 Å². The van der Waals surface area contributed by atoms with E-state index in [1.807, 2.05) is 24.3 Å². The molecule has 8 nitrogen and oxygen atoms in total. The molecule has 0 saturated carbocycles. The normalized spacial score (nSPS) is 13.0. The summed E-state index contributed by atoms with van der Waals surface area (Å²) in [6.07, 6.45) is -0.452. The van der Waals surface area contributed by atoms with Gasteiger partial charge in [-0.05, 0) is 22.3 Å². The maximum Gasteiger partial charge on any atom is 0.407 e. The highest BCUT2D eigenvalue weighted by molar-refractivity contribution is 7.09. The Kier molecular flexibility index (Phi) is 7.45. The van der Waals surface area contributed by atoms with Crippen LogP contribution in [0.2, 0.25) is 0 Å². The highest BCUT2D eigenvalue weighted by Crippen LogP contribution is 2.44. The molecule has 1 aliphatic rings. The summed E-state index contributed by atoms with van der Waals surface area (Å²) in [5.74, 6) is -1.80. The molecule has 0 bridgehead atoms. The number of ether oxygens (including phenoxy) is 1. The number of thiazole rings is 1. The van der Waals surface area contributed by atoms with E-state index in [2.05, 4.69) is 34.6 Å². The Balaban J connectivity index is 1.27. The average Bonchev–Trinajstić information content (AvgIpc) is 3.43. The van der Waals surface area contributed by atoms with Gasteiger partial charge in [-0.1, -0.05) is 55.5 Å². The fraction of sp³-hybridized carbons (Fsp3) is 0.308. The number of aliphatic carboxylic acids is 1. The number of carboxylic acids is 1. The molecule has 1 atom stereocenters. The lowest BCUT2D eigenvalue weighted by Crippen LogP contribution is -2.34. The van der Waals surface area contributed by atoms with Crippen LogP contribution in [-0.2, 0) is 27.3 Å². The number of nitrogens with one attached hydrogen (secondary N) is 1. The zero-order chi connectivity index (χ0) is 24.9. The van der Waals surface area contributed by atoms with E-state index in [1.165, 1.54) is 27.4 Å². The van der Waals surface area contributed by atoms with Gasteiger partial charge in [0.15, 0.2) is 0 Å². The number of rotatable bonds is 9. The van der Waals surface area contributed by atoms with Crippen LogP contribution in [0.3, 0.4) is 0 Å². The number of likely N-dealkylation sites (N-methyl/N-ethyl adjacent to an activating group) is 1. The highest BCUT2D eigenvalue weighted by Gasteiger charge is 2.29. The van der Waals surface area contributed by atoms with Crippen LogP contribution >= 0.6 is 11.3 Å². The van der Waals surface area contributed by atoms with E-state index in [9.17, 15) is 14.4 Å². The van der Waals surface area contributed by atoms with E-state index in [1.54, 1.807) is 19.4 Å². The van der Waals surface area contributed by atoms with Crippen molar-refractivity contribution in [3.63, 3.8) is 0 Å². The summed E-state index contributed by atoms with van der Waals surface area (Å²) in [6, 6.07) is 16.3. The van der Waals surface area contributed by atoms with Crippen molar-refractivity contribution in [3.05, 3.63) is 75.7 Å². The monoisotopic (exact) mass is 493 g/mol. The van der Waals surface area contributed by atoms with Gasteiger partial charge in [0.2, 0.25) is 5.91 Å². The van der Waals surface area contributed by atoms with Crippen molar-refractivity contribution < 1.29 is 24.2 Å². The van der Waals surface area contributed by atoms with Gasteiger partial charge >= 0.3 is 12.1 Å². The minimum absolute atomic E-state index is 0.00790. The summed E-state index contributed by atoms with van der Waals surface area (Å²) in [6.45, 7) is 2.12. The number of hydrogen-bond donors (Lipinski definition) is 2. The average molecular weight is 494 g/mol. The first-order chi connectivity index (χ1) is 16.8. The second-order valence-electron chi connectivity index (χ2n) is 8.60. The van der Waals surface area contributed by atoms with Crippen LogP contribution in [0, 0.1) is 5.92 Å². The van der Waals surface area contributed by atoms with Crippen LogP contribution in [0.1, 0.15) is 34.7 Å². The Labute approximate surface area is 207 Å². The molecule has 0 aliphatic heterocycles. The van der Waals surface area contributed by atoms with Crippen molar-refractivity contribution >= 4 is 29.3 Å². The number of carboxylic acid groups (broad SMARTS) is 1. The van der Waals surface area contributed by atoms with Crippen molar-refractivity contribution in [1.29, 1.82) is 0 Å². The van der Waals surface area contributed by atoms with E-state index < -0.39 is 18.0 Å². The summed E-state index contributed by atoms with van der Waals surface area (Å²) in [7, 11) is 1.58. The van der Waals surface area contributed by atoms with Crippen molar-refractivity contribution in [2.45, 2.75) is 25.8 Å². The quantitative estimate of drug-likeness (QED) is 0.468. The van der Waals surface area contributed by atoms with Gasteiger partial charge in [-0.15, -0.1) is 11.3 Å². The number of nitrogens with zero attached hydrogens (tertiary/aromatic N) is 2. The number of aromatic nitrogens is 1. The number of alkyl carbamates (subject to hydrolysis) is 1. The number of amides is 2. The topological polar surface area (TPSA) is 109 Å². The van der Waals surface area contributed by atoms with Gasteiger partial charge in [-0.2, -0.15) is 0 Å². The van der Waals surface area contributed by atoms with E-state index in [4.69, 9.17) is 9.84 Å². The van der Waals surface area contributed by atoms with Crippen molar-refractivity contribution in [2.75, 3.05) is 20.2 Å². The molecule has 2 amide bonds. The SMILES string of the molecule is CC(CN(C)C(=O)Cc1csc(CNC(=O)OCC2c3ccccc3-c3ccccc32)n1)C(=O)O. The fourth-order valence-corrected chi connectivity index (χ4v) is 4.92. The first-order valence-corrected chi connectivity index (χ1v) is 12.2. The third kappa shape index (κ3) is 5.68. The zero-order valence-electron chi connectivity index (χ0n) is 19.6. The van der Waals surface area contributed by atoms with Crippen LogP contribution < -0.4 is 5.32 Å². The van der Waals surface area contributed by atoms with Gasteiger partial charge < -0.3 is 20.1 Å². The van der Waals surface area contributed by atoms with Gasteiger partial charge in [0, 0.05) is 24.9 Å². The van der Waals surface area contributed by atoms with Crippen LogP contribution in [0.15, 0.2) is 53.9 Å². The number of carbonyl (C=O) groups excluding carboxylic acids is 2. The Bertz CT molecular complexity index is 1200. The molecular formula is C26H27N3O5S. The lowest BCUT2D eigenvalue weighted by atomic mass is 9.98. The Morgan fingerprint density at radius 3 is 2.37 bits per heavy atom. The van der Waals surface area contributed by atoms with Gasteiger partial charge in [0.05, 0.1) is 24.6 Å². The molecule has 0 fully saturated rings. The first kappa shape index (κ1) is 24.4. The number of fused-ring (bicyclic) bond motifs is 3. The number of carbonyl (C=O) groups is 3. The van der Waals surface area contributed by atoms with Crippen molar-refractivity contribution in [2.24, 2.45) is 5.92 Å². The molecule has 1 aliphatic carbocycles. The number of hydrogen-bond acceptors (Lipinski definition) is 6. The second kappa shape index (κ2) is 10.7. The van der Waals surface area contributed by atoms with Crippen LogP contribution in [0.25, 0.3) is 11.1 Å². The summed E-state index contributed by atoms with van der Waals surface area (Å²) < 4.78 is 5.54. The largest absolute Gasteiger partial charge is 0.481 e. The van der Waals surface area contributed by atoms with E-state index in [0.29, 0.717) is 10.7 Å². The van der Waals surface area contributed by atoms with Crippen LogP contribution in [0.5, 0.6) is 0 Å². The van der Waals surface area contributed by atoms with Crippen molar-refractivity contribution in [3.8, 4) is 11.1 Å². The summed E-state index contributed by atoms with van der Waals surface area (Å²) in [4.78, 5) is 41.5. The molecular weight excluding hydrogens is 466 g/mol. The Morgan fingerprint density at radius 1 is 1.11 bits per heavy atom. The maximum atomic E-state index is 12.4. The predicted octanol–water partition coefficient (Wildman–Crippen LogP) is 3.90. The number of benzene rings is 2. The molecule has 0 radical (unpaired) electrons. The second-order valence-corrected chi connectivity index (χ2v) is 9.54. The smallest absolute Gasteiger partial charge is 0.407 e. The lowest BCUT2D eigenvalue weighted by molar-refractivity contribution is -0.142. The summed E-state index contributed by atoms with van der Waals surface area (Å²) in [5, 5.41) is 14.1. The van der Waals surface area contributed by atoms with Gasteiger partial charge in [0.25, 0.3) is 0 Å². The van der Waals surface area contributed by atoms with E-state index >= 15 is 0 Å². The van der Waals surface area contributed by atoms with Crippen LogP contribution in [0.4, 0.5) is 4.79 Å². The standard InChI is InChI=1S/C26H27N3O5S/c1-16(25(31)32)13-29(2)24(30)11-17-15-35-23(28-17)12-27-26(33)34-14-22-20-9-5-3-7-18(20)19-8-4-6-10-21(19)22/h3-10,15-16,22H,11-14H2,1-2H3,(H,27,33)(H,31,32). The van der Waals surface area contributed by atoms with Gasteiger partial charge in [-0.3, -0.25) is 9.59 Å². The third-order valence-electron chi connectivity index (χ3n) is 6.05. The van der Waals surface area contributed by atoms with E-state index in [0.717, 1.165) is 11.1 Å². The molecule has 0 spiro atoms. The summed E-state index contributed by atoms with van der Waals surface area (Å²) in [5.41, 5.74) is 5.23. The predicted molar refractivity (Wildman–Crippen MR) is 132 cm³/mol. The molecule has 2 N–H and O–H groups in total. The molecule has 1 unspecified atom stereocenters. The zero-order valence-corrected chi connectivity index (χ0v) is 20.4. The summed E-state index contributed by atoms with van der Waals surface area (Å²) >= 11 is 1.34. The Hall–Kier alpha value is -3.72. The molecule has 0 saturated heterocycles. The van der Waals surface area contributed by atoms with Crippen LogP contribution in [-0.4, -0.2) is 53.2 Å². The highest BCUT2D eigenvalue weighted by atomic mass is 32.1. The van der Waals surface area contributed by atoms with Gasteiger partial charge in [-0.25, -0.2) is 9.78 Å². The Morgan fingerprint density at radius 2 is 1.74 bits per heavy atom. The minimum atomic E-state index is -0.945. The molecule has 3 aromatic rings. The van der Waals surface area contributed by atoms with Crippen molar-refractivity contribution in [1.82, 2.24) is 15.2 Å². The molecule has 2 aromatic carbocycles.